The lowest BCUT2D eigenvalue weighted by molar-refractivity contribution is 0.0633. The first-order valence-electron chi connectivity index (χ1n) is 9.73. The number of nitrogens with zero attached hydrogens (tertiary/aromatic N) is 3. The second-order valence-electron chi connectivity index (χ2n) is 7.81. The van der Waals surface area contributed by atoms with E-state index in [9.17, 15) is 9.67 Å². The van der Waals surface area contributed by atoms with E-state index in [1.807, 2.05) is 10.6 Å². The summed E-state index contributed by atoms with van der Waals surface area (Å²) < 4.78 is 23.5. The van der Waals surface area contributed by atoms with Crippen LogP contribution in [0.1, 0.15) is 13.8 Å². The summed E-state index contributed by atoms with van der Waals surface area (Å²) in [6.07, 6.45) is -0.324. The summed E-state index contributed by atoms with van der Waals surface area (Å²) >= 11 is 0. The van der Waals surface area contributed by atoms with Gasteiger partial charge in [0, 0.05) is 18.5 Å². The van der Waals surface area contributed by atoms with E-state index in [2.05, 4.69) is 15.3 Å². The molecule has 0 bridgehead atoms. The van der Waals surface area contributed by atoms with Crippen molar-refractivity contribution in [2.24, 2.45) is 0 Å². The van der Waals surface area contributed by atoms with Gasteiger partial charge in [-0.05, 0) is 26.0 Å². The summed E-state index contributed by atoms with van der Waals surface area (Å²) in [4.78, 5) is 26.6. The number of fused-ring (bicyclic) bond motifs is 3. The highest BCUT2D eigenvalue weighted by Crippen LogP contribution is 2.34. The molecule has 12 heteroatoms. The van der Waals surface area contributed by atoms with Gasteiger partial charge in [-0.2, -0.15) is 0 Å². The molecule has 1 aromatic carbocycles. The van der Waals surface area contributed by atoms with Gasteiger partial charge in [-0.25, -0.2) is 9.97 Å². The minimum absolute atomic E-state index is 0.0412. The largest absolute Gasteiger partial charge is 0.491 e. The number of ether oxygens (including phenoxy) is 2. The maximum atomic E-state index is 10.8. The van der Waals surface area contributed by atoms with Crippen LogP contribution in [-0.2, 0) is 15.8 Å². The average Bonchev–Trinajstić information content (AvgIpc) is 3.01. The molecule has 0 saturated heterocycles. The molecule has 0 unspecified atom stereocenters. The van der Waals surface area contributed by atoms with E-state index in [1.54, 1.807) is 33.0 Å². The Morgan fingerprint density at radius 3 is 2.61 bits per heavy atom. The average molecular weight is 453 g/mol. The molecule has 0 amide bonds. The molecule has 0 aliphatic heterocycles. The fourth-order valence-electron chi connectivity index (χ4n) is 3.22. The first-order chi connectivity index (χ1) is 14.5. The number of imidazole rings is 1. The van der Waals surface area contributed by atoms with E-state index in [0.29, 0.717) is 29.3 Å². The zero-order chi connectivity index (χ0) is 22.8. The van der Waals surface area contributed by atoms with Crippen molar-refractivity contribution in [3.63, 3.8) is 0 Å². The zero-order valence-corrected chi connectivity index (χ0v) is 18.6. The Morgan fingerprint density at radius 1 is 1.23 bits per heavy atom. The van der Waals surface area contributed by atoms with Crippen molar-refractivity contribution in [2.75, 3.05) is 44.1 Å². The Morgan fingerprint density at radius 2 is 1.97 bits per heavy atom. The van der Waals surface area contributed by atoms with E-state index >= 15 is 0 Å². The number of aromatic nitrogens is 3. The predicted octanol–water partition coefficient (Wildman–Crippen LogP) is 1.55. The first kappa shape index (κ1) is 23.2. The molecule has 0 aliphatic rings. The molecule has 3 rings (SSSR count). The van der Waals surface area contributed by atoms with E-state index in [1.165, 1.54) is 0 Å². The SMILES string of the molecule is CNc1nc2c(N)nc3cc(OCCOCCP(=O)(O)O)ccc3c2n1CC(C)(C)O. The van der Waals surface area contributed by atoms with Crippen LogP contribution in [0.25, 0.3) is 21.9 Å². The van der Waals surface area contributed by atoms with Crippen LogP contribution in [-0.4, -0.2) is 68.1 Å². The molecule has 3 aromatic rings. The molecule has 0 radical (unpaired) electrons. The van der Waals surface area contributed by atoms with Gasteiger partial charge < -0.3 is 40.0 Å². The van der Waals surface area contributed by atoms with Gasteiger partial charge >= 0.3 is 7.60 Å². The molecule has 170 valence electrons. The van der Waals surface area contributed by atoms with Crippen LogP contribution < -0.4 is 15.8 Å². The number of rotatable bonds is 10. The molecule has 0 aliphatic carbocycles. The maximum absolute atomic E-state index is 10.8. The lowest BCUT2D eigenvalue weighted by Gasteiger charge is -2.20. The number of aliphatic hydroxyl groups is 1. The van der Waals surface area contributed by atoms with Gasteiger partial charge in [0.1, 0.15) is 17.9 Å². The number of benzene rings is 1. The van der Waals surface area contributed by atoms with E-state index in [0.717, 1.165) is 10.9 Å². The molecule has 2 heterocycles. The smallest absolute Gasteiger partial charge is 0.327 e. The van der Waals surface area contributed by atoms with Crippen molar-refractivity contribution in [1.29, 1.82) is 0 Å². The molecule has 6 N–H and O–H groups in total. The fourth-order valence-corrected chi connectivity index (χ4v) is 3.58. The number of nitrogens with two attached hydrogens (primary N) is 1. The van der Waals surface area contributed by atoms with Crippen LogP contribution in [0.2, 0.25) is 0 Å². The Bertz CT molecular complexity index is 1120. The van der Waals surface area contributed by atoms with E-state index in [4.69, 9.17) is 25.0 Å². The van der Waals surface area contributed by atoms with Crippen molar-refractivity contribution in [2.45, 2.75) is 26.0 Å². The quantitative estimate of drug-likeness (QED) is 0.225. The molecular weight excluding hydrogens is 425 g/mol. The number of nitrogens with one attached hydrogen (secondary N) is 1. The van der Waals surface area contributed by atoms with Gasteiger partial charge in [-0.1, -0.05) is 0 Å². The summed E-state index contributed by atoms with van der Waals surface area (Å²) in [7, 11) is -2.30. The zero-order valence-electron chi connectivity index (χ0n) is 17.7. The first-order valence-corrected chi connectivity index (χ1v) is 11.5. The Hall–Kier alpha value is -2.43. The molecule has 11 nitrogen and oxygen atoms in total. The Balaban J connectivity index is 1.84. The van der Waals surface area contributed by atoms with Crippen LogP contribution in [0.5, 0.6) is 5.75 Å². The third kappa shape index (κ3) is 5.84. The minimum Gasteiger partial charge on any atom is -0.491 e. The molecule has 0 saturated carbocycles. The molecule has 0 spiro atoms. The monoisotopic (exact) mass is 453 g/mol. The molecular formula is C19H28N5O6P. The van der Waals surface area contributed by atoms with E-state index < -0.39 is 13.2 Å². The minimum atomic E-state index is -4.06. The molecule has 31 heavy (non-hydrogen) atoms. The van der Waals surface area contributed by atoms with Crippen LogP contribution in [0.3, 0.4) is 0 Å². The van der Waals surface area contributed by atoms with Crippen molar-refractivity contribution < 1.29 is 28.9 Å². The number of hydrogen-bond acceptors (Lipinski definition) is 8. The third-order valence-corrected chi connectivity index (χ3v) is 5.23. The summed E-state index contributed by atoms with van der Waals surface area (Å²) in [5, 5.41) is 14.2. The topological polar surface area (TPSA) is 165 Å². The van der Waals surface area contributed by atoms with Crippen LogP contribution in [0.4, 0.5) is 11.8 Å². The van der Waals surface area contributed by atoms with E-state index in [-0.39, 0.29) is 31.8 Å². The Labute approximate surface area is 179 Å². The highest BCUT2D eigenvalue weighted by molar-refractivity contribution is 7.51. The normalized spacial score (nSPS) is 12.6. The van der Waals surface area contributed by atoms with Gasteiger partial charge in [0.05, 0.1) is 42.6 Å². The highest BCUT2D eigenvalue weighted by atomic mass is 31.2. The summed E-state index contributed by atoms with van der Waals surface area (Å²) in [6, 6.07) is 5.40. The number of anilines is 2. The van der Waals surface area contributed by atoms with Gasteiger partial charge in [0.15, 0.2) is 5.82 Å². The van der Waals surface area contributed by atoms with Crippen molar-refractivity contribution in [1.82, 2.24) is 14.5 Å². The molecule has 0 fully saturated rings. The second kappa shape index (κ2) is 8.97. The molecule has 2 aromatic heterocycles. The van der Waals surface area contributed by atoms with Crippen LogP contribution in [0, 0.1) is 0 Å². The lowest BCUT2D eigenvalue weighted by atomic mass is 10.1. The summed E-state index contributed by atoms with van der Waals surface area (Å²) in [6.45, 7) is 4.11. The third-order valence-electron chi connectivity index (χ3n) is 4.47. The fraction of sp³-hybridized carbons (Fsp3) is 0.474. The lowest BCUT2D eigenvalue weighted by Crippen LogP contribution is -2.26. The van der Waals surface area contributed by atoms with Crippen molar-refractivity contribution >= 4 is 41.3 Å². The number of pyridine rings is 1. The highest BCUT2D eigenvalue weighted by Gasteiger charge is 2.22. The number of nitrogen functional groups attached to an aromatic ring is 1. The van der Waals surface area contributed by atoms with Gasteiger partial charge in [-0.15, -0.1) is 0 Å². The maximum Gasteiger partial charge on any atom is 0.327 e. The van der Waals surface area contributed by atoms with Gasteiger partial charge in [0.2, 0.25) is 5.95 Å². The predicted molar refractivity (Wildman–Crippen MR) is 119 cm³/mol. The Kier molecular flexibility index (Phi) is 6.73. The number of hydrogen-bond donors (Lipinski definition) is 5. The second-order valence-corrected chi connectivity index (χ2v) is 9.58. The summed E-state index contributed by atoms with van der Waals surface area (Å²) in [5.74, 6) is 1.40. The van der Waals surface area contributed by atoms with Crippen molar-refractivity contribution in [3.8, 4) is 5.75 Å². The van der Waals surface area contributed by atoms with Crippen LogP contribution in [0.15, 0.2) is 18.2 Å². The van der Waals surface area contributed by atoms with Gasteiger partial charge in [0.25, 0.3) is 0 Å². The summed E-state index contributed by atoms with van der Waals surface area (Å²) in [5.41, 5.74) is 7.13. The van der Waals surface area contributed by atoms with Crippen molar-refractivity contribution in [3.05, 3.63) is 18.2 Å². The molecule has 0 atom stereocenters. The van der Waals surface area contributed by atoms with Crippen LogP contribution >= 0.6 is 7.60 Å². The van der Waals surface area contributed by atoms with Gasteiger partial charge in [-0.3, -0.25) is 4.57 Å². The standard InChI is InChI=1S/C19H28N5O6P/c1-19(2,25)11-24-16-13-5-4-12(30-7-6-29-8-9-31(26,27)28)10-14(13)22-17(20)15(16)23-18(24)21-3/h4-5,10,25H,6-9,11H2,1-3H3,(H2,20,22)(H,21,23)(H2,26,27,28).